The van der Waals surface area contributed by atoms with E-state index in [0.717, 1.165) is 37.3 Å². The maximum atomic E-state index is 12.4. The molecule has 120 valence electrons. The Morgan fingerprint density at radius 2 is 2.00 bits per heavy atom. The van der Waals surface area contributed by atoms with E-state index in [-0.39, 0.29) is 5.91 Å². The second-order valence-electron chi connectivity index (χ2n) is 6.44. The number of amides is 1. The summed E-state index contributed by atoms with van der Waals surface area (Å²) in [6, 6.07) is 7.81. The zero-order chi connectivity index (χ0) is 15.4. The molecule has 3 aliphatic heterocycles. The highest BCUT2D eigenvalue weighted by Crippen LogP contribution is 2.27. The fraction of sp³-hybridized carbons (Fsp3) is 0.611. The highest BCUT2D eigenvalue weighted by atomic mass is 16.5. The van der Waals surface area contributed by atoms with Crippen molar-refractivity contribution in [3.05, 3.63) is 29.8 Å². The summed E-state index contributed by atoms with van der Waals surface area (Å²) < 4.78 is 5.63. The first kappa shape index (κ1) is 15.3. The Balaban J connectivity index is 1.53. The molecule has 4 nitrogen and oxygen atoms in total. The van der Waals surface area contributed by atoms with Gasteiger partial charge in [0, 0.05) is 18.2 Å². The molecular weight excluding hydrogens is 276 g/mol. The molecule has 0 spiro atoms. The van der Waals surface area contributed by atoms with E-state index in [0.29, 0.717) is 12.0 Å². The molecule has 0 aliphatic carbocycles. The van der Waals surface area contributed by atoms with Crippen molar-refractivity contribution in [3.8, 4) is 5.75 Å². The SMILES string of the molecule is CCCCOc1ccc(C(=O)NC2CN3CCC2CC3)cc1. The molecule has 1 unspecified atom stereocenters. The first-order chi connectivity index (χ1) is 10.8. The summed E-state index contributed by atoms with van der Waals surface area (Å²) in [6.45, 7) is 6.28. The lowest BCUT2D eigenvalue weighted by molar-refractivity contribution is 0.0620. The normalized spacial score (nSPS) is 26.7. The number of carbonyl (C=O) groups excluding carboxylic acids is 1. The quantitative estimate of drug-likeness (QED) is 0.822. The molecular formula is C18H26N2O2. The number of carbonyl (C=O) groups is 1. The van der Waals surface area contributed by atoms with E-state index in [1.54, 1.807) is 0 Å². The lowest BCUT2D eigenvalue weighted by Crippen LogP contribution is -2.57. The molecule has 1 N–H and O–H groups in total. The van der Waals surface area contributed by atoms with Crippen molar-refractivity contribution in [2.45, 2.75) is 38.6 Å². The zero-order valence-corrected chi connectivity index (χ0v) is 13.4. The third-order valence-electron chi connectivity index (χ3n) is 4.86. The Labute approximate surface area is 132 Å². The van der Waals surface area contributed by atoms with Gasteiger partial charge in [-0.3, -0.25) is 4.79 Å². The molecule has 3 fully saturated rings. The van der Waals surface area contributed by atoms with Gasteiger partial charge in [-0.1, -0.05) is 13.3 Å². The largest absolute Gasteiger partial charge is 0.494 e. The van der Waals surface area contributed by atoms with Gasteiger partial charge < -0.3 is 15.0 Å². The Morgan fingerprint density at radius 1 is 1.27 bits per heavy atom. The van der Waals surface area contributed by atoms with Crippen LogP contribution in [0.2, 0.25) is 0 Å². The van der Waals surface area contributed by atoms with Gasteiger partial charge in [0.2, 0.25) is 0 Å². The second-order valence-corrected chi connectivity index (χ2v) is 6.44. The van der Waals surface area contributed by atoms with Crippen LogP contribution in [0.15, 0.2) is 24.3 Å². The number of nitrogens with one attached hydrogen (secondary N) is 1. The Hall–Kier alpha value is -1.55. The van der Waals surface area contributed by atoms with E-state index >= 15 is 0 Å². The van der Waals surface area contributed by atoms with Gasteiger partial charge in [-0.05, 0) is 62.5 Å². The van der Waals surface area contributed by atoms with Gasteiger partial charge in [-0.15, -0.1) is 0 Å². The number of unbranched alkanes of at least 4 members (excludes halogenated alkanes) is 1. The first-order valence-corrected chi connectivity index (χ1v) is 8.52. The molecule has 1 aromatic rings. The van der Waals surface area contributed by atoms with Crippen LogP contribution in [0.5, 0.6) is 5.75 Å². The summed E-state index contributed by atoms with van der Waals surface area (Å²) in [4.78, 5) is 14.8. The zero-order valence-electron chi connectivity index (χ0n) is 13.4. The van der Waals surface area contributed by atoms with E-state index in [2.05, 4.69) is 17.1 Å². The molecule has 0 radical (unpaired) electrons. The van der Waals surface area contributed by atoms with Crippen LogP contribution in [-0.2, 0) is 0 Å². The smallest absolute Gasteiger partial charge is 0.251 e. The van der Waals surface area contributed by atoms with E-state index in [1.807, 2.05) is 24.3 Å². The van der Waals surface area contributed by atoms with Crippen molar-refractivity contribution in [2.24, 2.45) is 5.92 Å². The summed E-state index contributed by atoms with van der Waals surface area (Å²) >= 11 is 0. The van der Waals surface area contributed by atoms with Crippen molar-refractivity contribution in [3.63, 3.8) is 0 Å². The monoisotopic (exact) mass is 302 g/mol. The number of ether oxygens (including phenoxy) is 1. The van der Waals surface area contributed by atoms with Gasteiger partial charge in [0.05, 0.1) is 6.61 Å². The number of piperidine rings is 3. The molecule has 1 aromatic carbocycles. The predicted octanol–water partition coefficient (Wildman–Crippen LogP) is 2.69. The van der Waals surface area contributed by atoms with Crippen LogP contribution in [0.3, 0.4) is 0 Å². The van der Waals surface area contributed by atoms with Crippen molar-refractivity contribution in [2.75, 3.05) is 26.2 Å². The average Bonchev–Trinajstić information content (AvgIpc) is 2.57. The molecule has 4 rings (SSSR count). The number of hydrogen-bond acceptors (Lipinski definition) is 3. The number of nitrogens with zero attached hydrogens (tertiary/aromatic N) is 1. The molecule has 3 aliphatic rings. The number of hydrogen-bond donors (Lipinski definition) is 1. The minimum absolute atomic E-state index is 0.0406. The fourth-order valence-electron chi connectivity index (χ4n) is 3.42. The maximum Gasteiger partial charge on any atom is 0.251 e. The molecule has 1 amide bonds. The minimum Gasteiger partial charge on any atom is -0.494 e. The van der Waals surface area contributed by atoms with Crippen LogP contribution in [0.4, 0.5) is 0 Å². The number of fused-ring (bicyclic) bond motifs is 3. The Kier molecular flexibility index (Phi) is 4.98. The average molecular weight is 302 g/mol. The third-order valence-corrected chi connectivity index (χ3v) is 4.86. The minimum atomic E-state index is 0.0406. The Bertz CT molecular complexity index is 492. The van der Waals surface area contributed by atoms with Crippen molar-refractivity contribution >= 4 is 5.91 Å². The molecule has 0 saturated carbocycles. The van der Waals surface area contributed by atoms with Gasteiger partial charge >= 0.3 is 0 Å². The van der Waals surface area contributed by atoms with Gasteiger partial charge in [0.1, 0.15) is 5.75 Å². The van der Waals surface area contributed by atoms with Crippen LogP contribution < -0.4 is 10.1 Å². The summed E-state index contributed by atoms with van der Waals surface area (Å²) in [6.07, 6.45) is 4.62. The molecule has 3 saturated heterocycles. The lowest BCUT2D eigenvalue weighted by atomic mass is 9.84. The van der Waals surface area contributed by atoms with Gasteiger partial charge in [-0.2, -0.15) is 0 Å². The molecule has 0 aromatic heterocycles. The van der Waals surface area contributed by atoms with Gasteiger partial charge in [0.25, 0.3) is 5.91 Å². The van der Waals surface area contributed by atoms with Crippen LogP contribution in [0.25, 0.3) is 0 Å². The van der Waals surface area contributed by atoms with Crippen LogP contribution in [0, 0.1) is 5.92 Å². The molecule has 3 heterocycles. The Morgan fingerprint density at radius 3 is 2.59 bits per heavy atom. The summed E-state index contributed by atoms with van der Waals surface area (Å²) in [5, 5.41) is 3.22. The summed E-state index contributed by atoms with van der Waals surface area (Å²) in [5.41, 5.74) is 0.722. The van der Waals surface area contributed by atoms with E-state index in [9.17, 15) is 4.79 Å². The number of benzene rings is 1. The van der Waals surface area contributed by atoms with E-state index < -0.39 is 0 Å². The molecule has 2 bridgehead atoms. The topological polar surface area (TPSA) is 41.6 Å². The second kappa shape index (κ2) is 7.14. The fourth-order valence-corrected chi connectivity index (χ4v) is 3.42. The first-order valence-electron chi connectivity index (χ1n) is 8.52. The molecule has 1 atom stereocenters. The van der Waals surface area contributed by atoms with Crippen molar-refractivity contribution < 1.29 is 9.53 Å². The van der Waals surface area contributed by atoms with E-state index in [4.69, 9.17) is 4.74 Å². The van der Waals surface area contributed by atoms with Gasteiger partial charge in [-0.25, -0.2) is 0 Å². The summed E-state index contributed by atoms with van der Waals surface area (Å²) in [5.74, 6) is 1.54. The van der Waals surface area contributed by atoms with Gasteiger partial charge in [0.15, 0.2) is 0 Å². The highest BCUT2D eigenvalue weighted by Gasteiger charge is 2.34. The van der Waals surface area contributed by atoms with Crippen LogP contribution in [-0.4, -0.2) is 43.1 Å². The molecule has 4 heteroatoms. The predicted molar refractivity (Wildman–Crippen MR) is 87.3 cm³/mol. The lowest BCUT2D eigenvalue weighted by Gasteiger charge is -2.44. The van der Waals surface area contributed by atoms with E-state index in [1.165, 1.54) is 25.9 Å². The highest BCUT2D eigenvalue weighted by molar-refractivity contribution is 5.94. The standard InChI is InChI=1S/C18H26N2O2/c1-2-3-12-22-16-6-4-15(5-7-16)18(21)19-17-13-20-10-8-14(17)9-11-20/h4-7,14,17H,2-3,8-13H2,1H3,(H,19,21). The van der Waals surface area contributed by atoms with Crippen molar-refractivity contribution in [1.29, 1.82) is 0 Å². The number of rotatable bonds is 6. The van der Waals surface area contributed by atoms with Crippen LogP contribution in [0.1, 0.15) is 43.0 Å². The molecule has 22 heavy (non-hydrogen) atoms. The van der Waals surface area contributed by atoms with Crippen LogP contribution >= 0.6 is 0 Å². The summed E-state index contributed by atoms with van der Waals surface area (Å²) in [7, 11) is 0. The van der Waals surface area contributed by atoms with Crippen molar-refractivity contribution in [1.82, 2.24) is 10.2 Å². The third kappa shape index (κ3) is 3.61. The maximum absolute atomic E-state index is 12.4.